The normalized spacial score (nSPS) is 12.2. The Balaban J connectivity index is 1.62. The fraction of sp³-hybridized carbons (Fsp3) is 0.269. The lowest BCUT2D eigenvalue weighted by atomic mass is 9.96. The minimum Gasteiger partial charge on any atom is -0.484 e. The molecule has 0 radical (unpaired) electrons. The highest BCUT2D eigenvalue weighted by molar-refractivity contribution is 7.92. The smallest absolute Gasteiger partial charge is 0.261 e. The van der Waals surface area contributed by atoms with E-state index in [2.05, 4.69) is 36.0 Å². The van der Waals surface area contributed by atoms with Crippen LogP contribution < -0.4 is 14.8 Å². The van der Waals surface area contributed by atoms with Gasteiger partial charge in [-0.25, -0.2) is 8.42 Å². The Hall–Kier alpha value is -3.32. The van der Waals surface area contributed by atoms with Gasteiger partial charge in [0.15, 0.2) is 6.61 Å². The number of para-hydroxylation sites is 1. The van der Waals surface area contributed by atoms with Gasteiger partial charge in [-0.1, -0.05) is 30.3 Å². The maximum atomic E-state index is 12.6. The Bertz CT molecular complexity index is 1250. The highest BCUT2D eigenvalue weighted by Gasteiger charge is 2.17. The van der Waals surface area contributed by atoms with E-state index in [4.69, 9.17) is 4.74 Å². The van der Waals surface area contributed by atoms with E-state index in [1.165, 1.54) is 23.3 Å². The maximum absolute atomic E-state index is 12.6. The summed E-state index contributed by atoms with van der Waals surface area (Å²) in [6.07, 6.45) is 0. The first-order valence-corrected chi connectivity index (χ1v) is 12.2. The second-order valence-electron chi connectivity index (χ2n) is 8.27. The van der Waals surface area contributed by atoms with Gasteiger partial charge in [-0.15, -0.1) is 0 Å². The molecule has 6 nitrogen and oxygen atoms in total. The van der Waals surface area contributed by atoms with E-state index < -0.39 is 10.0 Å². The Morgan fingerprint density at radius 1 is 0.879 bits per heavy atom. The van der Waals surface area contributed by atoms with Crippen LogP contribution in [-0.2, 0) is 14.8 Å². The maximum Gasteiger partial charge on any atom is 0.261 e. The quantitative estimate of drug-likeness (QED) is 0.491. The molecule has 174 valence electrons. The van der Waals surface area contributed by atoms with Crippen molar-refractivity contribution in [1.29, 1.82) is 0 Å². The average Bonchev–Trinajstić information content (AvgIpc) is 2.75. The molecule has 2 N–H and O–H groups in total. The van der Waals surface area contributed by atoms with Crippen molar-refractivity contribution < 1.29 is 17.9 Å². The van der Waals surface area contributed by atoms with Crippen LogP contribution in [0.4, 0.5) is 5.69 Å². The third kappa shape index (κ3) is 6.14. The molecule has 0 heterocycles. The minimum atomic E-state index is -3.73. The molecule has 0 aliphatic heterocycles. The number of sulfonamides is 1. The van der Waals surface area contributed by atoms with Gasteiger partial charge in [0, 0.05) is 5.69 Å². The number of amides is 1. The lowest BCUT2D eigenvalue weighted by molar-refractivity contribution is -0.123. The first kappa shape index (κ1) is 24.3. The van der Waals surface area contributed by atoms with Crippen molar-refractivity contribution in [1.82, 2.24) is 5.32 Å². The number of anilines is 1. The predicted octanol–water partition coefficient (Wildman–Crippen LogP) is 4.98. The summed E-state index contributed by atoms with van der Waals surface area (Å²) in [7, 11) is -3.73. The minimum absolute atomic E-state index is 0.125. The van der Waals surface area contributed by atoms with E-state index in [1.54, 1.807) is 37.3 Å². The molecule has 0 aliphatic rings. The van der Waals surface area contributed by atoms with Crippen LogP contribution in [0.5, 0.6) is 5.75 Å². The van der Waals surface area contributed by atoms with Crippen LogP contribution >= 0.6 is 0 Å². The summed E-state index contributed by atoms with van der Waals surface area (Å²) in [5.74, 6) is 0.209. The number of carbonyl (C=O) groups excluding carboxylic acids is 1. The summed E-state index contributed by atoms with van der Waals surface area (Å²) >= 11 is 0. The van der Waals surface area contributed by atoms with Crippen LogP contribution in [0, 0.1) is 27.7 Å². The van der Waals surface area contributed by atoms with E-state index >= 15 is 0 Å². The molecule has 3 aromatic rings. The topological polar surface area (TPSA) is 84.5 Å². The van der Waals surface area contributed by atoms with Crippen molar-refractivity contribution in [2.24, 2.45) is 0 Å². The lowest BCUT2D eigenvalue weighted by Gasteiger charge is -2.19. The van der Waals surface area contributed by atoms with Gasteiger partial charge in [-0.3, -0.25) is 9.52 Å². The molecule has 1 amide bonds. The number of rotatable bonds is 8. The molecular formula is C26H30N2O4S. The molecule has 0 saturated heterocycles. The predicted molar refractivity (Wildman–Crippen MR) is 131 cm³/mol. The van der Waals surface area contributed by atoms with Gasteiger partial charge < -0.3 is 10.1 Å². The molecule has 0 aromatic heterocycles. The number of aryl methyl sites for hydroxylation is 4. The first-order chi connectivity index (χ1) is 15.6. The molecule has 1 atom stereocenters. The van der Waals surface area contributed by atoms with Gasteiger partial charge in [0.25, 0.3) is 15.9 Å². The molecule has 0 unspecified atom stereocenters. The summed E-state index contributed by atoms with van der Waals surface area (Å²) in [4.78, 5) is 12.6. The van der Waals surface area contributed by atoms with Crippen LogP contribution in [0.2, 0.25) is 0 Å². The monoisotopic (exact) mass is 466 g/mol. The summed E-state index contributed by atoms with van der Waals surface area (Å²) < 4.78 is 33.5. The molecule has 0 aliphatic carbocycles. The molecule has 0 saturated carbocycles. The standard InChI is InChI=1S/C26H30N2O4S/c1-17-13-19(3)24(15-18(17)2)21(5)27-26(29)16-32-25-12-11-23(14-20(25)4)33(30,31)28-22-9-7-6-8-10-22/h6-15,21,28H,16H2,1-5H3,(H,27,29)/t21-/m0/s1. The largest absolute Gasteiger partial charge is 0.484 e. The number of ether oxygens (including phenoxy) is 1. The lowest BCUT2D eigenvalue weighted by Crippen LogP contribution is -2.31. The van der Waals surface area contributed by atoms with Crippen LogP contribution in [0.3, 0.4) is 0 Å². The van der Waals surface area contributed by atoms with Gasteiger partial charge in [0.2, 0.25) is 0 Å². The number of benzene rings is 3. The van der Waals surface area contributed by atoms with E-state index in [9.17, 15) is 13.2 Å². The molecule has 0 bridgehead atoms. The summed E-state index contributed by atoms with van der Waals surface area (Å²) in [6, 6.07) is 17.3. The van der Waals surface area contributed by atoms with Crippen molar-refractivity contribution in [3.05, 3.63) is 88.5 Å². The molecular weight excluding hydrogens is 436 g/mol. The second-order valence-corrected chi connectivity index (χ2v) is 9.95. The summed E-state index contributed by atoms with van der Waals surface area (Å²) in [5.41, 5.74) is 5.71. The summed E-state index contributed by atoms with van der Waals surface area (Å²) in [6.45, 7) is 9.68. The zero-order chi connectivity index (χ0) is 24.2. The zero-order valence-corrected chi connectivity index (χ0v) is 20.4. The third-order valence-electron chi connectivity index (χ3n) is 5.57. The fourth-order valence-electron chi connectivity index (χ4n) is 3.62. The second kappa shape index (κ2) is 10.1. The highest BCUT2D eigenvalue weighted by atomic mass is 32.2. The Labute approximate surface area is 196 Å². The van der Waals surface area contributed by atoms with E-state index in [-0.39, 0.29) is 23.5 Å². The van der Waals surface area contributed by atoms with Crippen molar-refractivity contribution in [3.63, 3.8) is 0 Å². The summed E-state index contributed by atoms with van der Waals surface area (Å²) in [5, 5.41) is 2.97. The van der Waals surface area contributed by atoms with Gasteiger partial charge in [-0.2, -0.15) is 0 Å². The molecule has 7 heteroatoms. The zero-order valence-electron chi connectivity index (χ0n) is 19.6. The SMILES string of the molecule is Cc1cc(C)c([C@H](C)NC(=O)COc2ccc(S(=O)(=O)Nc3ccccc3)cc2C)cc1C. The van der Waals surface area contributed by atoms with E-state index in [0.717, 1.165) is 11.1 Å². The molecule has 3 aromatic carbocycles. The van der Waals surface area contributed by atoms with Gasteiger partial charge in [0.05, 0.1) is 10.9 Å². The van der Waals surface area contributed by atoms with Gasteiger partial charge >= 0.3 is 0 Å². The molecule has 0 fully saturated rings. The van der Waals surface area contributed by atoms with Crippen LogP contribution in [0.1, 0.15) is 40.8 Å². The molecule has 33 heavy (non-hydrogen) atoms. The van der Waals surface area contributed by atoms with Crippen molar-refractivity contribution in [2.45, 2.75) is 45.6 Å². The van der Waals surface area contributed by atoms with Crippen LogP contribution in [0.15, 0.2) is 65.6 Å². The third-order valence-corrected chi connectivity index (χ3v) is 6.95. The fourth-order valence-corrected chi connectivity index (χ4v) is 4.77. The van der Waals surface area contributed by atoms with E-state index in [1.807, 2.05) is 19.9 Å². The van der Waals surface area contributed by atoms with Gasteiger partial charge in [0.1, 0.15) is 5.75 Å². The first-order valence-electron chi connectivity index (χ1n) is 10.8. The Kier molecular flexibility index (Phi) is 7.43. The van der Waals surface area contributed by atoms with E-state index in [0.29, 0.717) is 17.0 Å². The molecule has 3 rings (SSSR count). The van der Waals surface area contributed by atoms with Crippen LogP contribution in [0.25, 0.3) is 0 Å². The average molecular weight is 467 g/mol. The Morgan fingerprint density at radius 3 is 2.21 bits per heavy atom. The van der Waals surface area contributed by atoms with Crippen LogP contribution in [-0.4, -0.2) is 20.9 Å². The van der Waals surface area contributed by atoms with Crippen molar-refractivity contribution in [2.75, 3.05) is 11.3 Å². The number of hydrogen-bond acceptors (Lipinski definition) is 4. The number of hydrogen-bond donors (Lipinski definition) is 2. The van der Waals surface area contributed by atoms with Crippen molar-refractivity contribution >= 4 is 21.6 Å². The highest BCUT2D eigenvalue weighted by Crippen LogP contribution is 2.24. The number of carbonyl (C=O) groups is 1. The van der Waals surface area contributed by atoms with Gasteiger partial charge in [-0.05, 0) is 92.8 Å². The van der Waals surface area contributed by atoms with Crippen molar-refractivity contribution in [3.8, 4) is 5.75 Å². The number of nitrogens with one attached hydrogen (secondary N) is 2. The Morgan fingerprint density at radius 2 is 1.55 bits per heavy atom. The molecule has 0 spiro atoms.